The van der Waals surface area contributed by atoms with E-state index in [4.69, 9.17) is 11.6 Å². The van der Waals surface area contributed by atoms with Gasteiger partial charge in [-0.05, 0) is 42.5 Å². The van der Waals surface area contributed by atoms with Crippen molar-refractivity contribution >= 4 is 45.6 Å². The summed E-state index contributed by atoms with van der Waals surface area (Å²) in [5.41, 5.74) is 1.09. The second-order valence-corrected chi connectivity index (χ2v) is 7.49. The lowest BCUT2D eigenvalue weighted by Crippen LogP contribution is -2.32. The number of carbonyl (C=O) groups is 1. The Balaban J connectivity index is 1.82. The van der Waals surface area contributed by atoms with Crippen molar-refractivity contribution in [2.24, 2.45) is 0 Å². The van der Waals surface area contributed by atoms with Crippen molar-refractivity contribution in [3.63, 3.8) is 0 Å². The molecule has 0 aliphatic heterocycles. The Morgan fingerprint density at radius 3 is 2.74 bits per heavy atom. The molecule has 1 N–H and O–H groups in total. The number of thiophene rings is 1. The molecule has 0 aliphatic carbocycles. The minimum absolute atomic E-state index is 0.0795. The standard InChI is InChI=1S/C15H15ClN2O3S2/c1-10(23-13-7-9-22-15(13)18(20)21)14(19)17-8-6-11-2-4-12(16)5-3-11/h2-5,7,9-10H,6,8H2,1H3,(H,17,19)/t10-/m0/s1. The second-order valence-electron chi connectivity index (χ2n) is 4.77. The number of benzene rings is 1. The number of rotatable bonds is 7. The van der Waals surface area contributed by atoms with E-state index in [0.29, 0.717) is 22.9 Å². The van der Waals surface area contributed by atoms with Gasteiger partial charge in [-0.2, -0.15) is 0 Å². The zero-order valence-corrected chi connectivity index (χ0v) is 14.7. The highest BCUT2D eigenvalue weighted by Gasteiger charge is 2.21. The van der Waals surface area contributed by atoms with Crippen molar-refractivity contribution in [3.05, 3.63) is 56.4 Å². The Morgan fingerprint density at radius 2 is 2.09 bits per heavy atom. The van der Waals surface area contributed by atoms with Crippen molar-refractivity contribution in [2.45, 2.75) is 23.5 Å². The zero-order chi connectivity index (χ0) is 16.8. The summed E-state index contributed by atoms with van der Waals surface area (Å²) >= 11 is 8.09. The fourth-order valence-electron chi connectivity index (χ4n) is 1.88. The molecule has 0 aliphatic rings. The number of amides is 1. The highest BCUT2D eigenvalue weighted by Crippen LogP contribution is 2.36. The lowest BCUT2D eigenvalue weighted by atomic mass is 10.1. The van der Waals surface area contributed by atoms with Crippen LogP contribution >= 0.6 is 34.7 Å². The average Bonchev–Trinajstić information content (AvgIpc) is 2.97. The van der Waals surface area contributed by atoms with Gasteiger partial charge in [0, 0.05) is 11.6 Å². The largest absolute Gasteiger partial charge is 0.355 e. The number of halogens is 1. The van der Waals surface area contributed by atoms with E-state index in [2.05, 4.69) is 5.32 Å². The van der Waals surface area contributed by atoms with E-state index in [-0.39, 0.29) is 10.9 Å². The molecule has 0 unspecified atom stereocenters. The maximum absolute atomic E-state index is 12.1. The van der Waals surface area contributed by atoms with E-state index >= 15 is 0 Å². The monoisotopic (exact) mass is 370 g/mol. The summed E-state index contributed by atoms with van der Waals surface area (Å²) in [6.07, 6.45) is 0.707. The number of nitro groups is 1. The molecule has 5 nitrogen and oxygen atoms in total. The van der Waals surface area contributed by atoms with Gasteiger partial charge in [0.1, 0.15) is 0 Å². The fourth-order valence-corrected chi connectivity index (χ4v) is 3.88. The Hall–Kier alpha value is -1.57. The lowest BCUT2D eigenvalue weighted by molar-refractivity contribution is -0.382. The molecular formula is C15H15ClN2O3S2. The second kappa shape index (κ2) is 8.33. The van der Waals surface area contributed by atoms with Gasteiger partial charge >= 0.3 is 5.00 Å². The highest BCUT2D eigenvalue weighted by molar-refractivity contribution is 8.00. The van der Waals surface area contributed by atoms with Crippen molar-refractivity contribution in [3.8, 4) is 0 Å². The number of thioether (sulfide) groups is 1. The molecule has 0 radical (unpaired) electrons. The smallest absolute Gasteiger partial charge is 0.337 e. The predicted molar refractivity (Wildman–Crippen MR) is 94.5 cm³/mol. The first-order chi connectivity index (χ1) is 11.0. The first-order valence-electron chi connectivity index (χ1n) is 6.88. The van der Waals surface area contributed by atoms with Crippen molar-refractivity contribution < 1.29 is 9.72 Å². The van der Waals surface area contributed by atoms with E-state index in [1.54, 1.807) is 18.4 Å². The van der Waals surface area contributed by atoms with Crippen LogP contribution in [0.1, 0.15) is 12.5 Å². The molecule has 1 atom stereocenters. The molecule has 0 saturated carbocycles. The summed E-state index contributed by atoms with van der Waals surface area (Å²) in [6.45, 7) is 2.25. The van der Waals surface area contributed by atoms with Gasteiger partial charge in [-0.15, -0.1) is 11.8 Å². The van der Waals surface area contributed by atoms with Crippen LogP contribution in [0.2, 0.25) is 5.02 Å². The van der Waals surface area contributed by atoms with Gasteiger partial charge in [0.15, 0.2) is 0 Å². The third-order valence-corrected chi connectivity index (χ3v) is 5.47. The lowest BCUT2D eigenvalue weighted by Gasteiger charge is -2.11. The van der Waals surface area contributed by atoms with Crippen LogP contribution in [-0.4, -0.2) is 22.6 Å². The van der Waals surface area contributed by atoms with Gasteiger partial charge in [0.2, 0.25) is 5.91 Å². The van der Waals surface area contributed by atoms with E-state index in [1.165, 1.54) is 11.8 Å². The topological polar surface area (TPSA) is 72.2 Å². The average molecular weight is 371 g/mol. The van der Waals surface area contributed by atoms with Gasteiger partial charge < -0.3 is 5.32 Å². The minimum atomic E-state index is -0.418. The summed E-state index contributed by atoms with van der Waals surface area (Å²) in [7, 11) is 0. The molecular weight excluding hydrogens is 356 g/mol. The molecule has 2 rings (SSSR count). The summed E-state index contributed by atoms with van der Waals surface area (Å²) < 4.78 is 0. The Kier molecular flexibility index (Phi) is 6.44. The summed E-state index contributed by atoms with van der Waals surface area (Å²) in [4.78, 5) is 23.1. The van der Waals surface area contributed by atoms with Crippen LogP contribution in [0.25, 0.3) is 0 Å². The molecule has 0 spiro atoms. The molecule has 1 amide bonds. The predicted octanol–water partition coefficient (Wildman–Crippen LogP) is 4.15. The third kappa shape index (κ3) is 5.23. The SMILES string of the molecule is C[C@H](Sc1ccsc1[N+](=O)[O-])C(=O)NCCc1ccc(Cl)cc1. The first-order valence-corrected chi connectivity index (χ1v) is 9.02. The van der Waals surface area contributed by atoms with Crippen molar-refractivity contribution in [2.75, 3.05) is 6.54 Å². The first kappa shape index (κ1) is 17.8. The minimum Gasteiger partial charge on any atom is -0.355 e. The molecule has 0 fully saturated rings. The van der Waals surface area contributed by atoms with Gasteiger partial charge in [-0.25, -0.2) is 0 Å². The van der Waals surface area contributed by atoms with Crippen LogP contribution in [0.4, 0.5) is 5.00 Å². The quantitative estimate of drug-likeness (QED) is 0.451. The molecule has 1 aromatic carbocycles. The van der Waals surface area contributed by atoms with Gasteiger partial charge in [-0.1, -0.05) is 35.1 Å². The molecule has 2 aromatic rings. The van der Waals surface area contributed by atoms with Crippen LogP contribution < -0.4 is 5.32 Å². The van der Waals surface area contributed by atoms with Crippen molar-refractivity contribution in [1.29, 1.82) is 0 Å². The zero-order valence-electron chi connectivity index (χ0n) is 12.3. The Morgan fingerprint density at radius 1 is 1.39 bits per heavy atom. The number of nitrogens with zero attached hydrogens (tertiary/aromatic N) is 1. The van der Waals surface area contributed by atoms with E-state index in [0.717, 1.165) is 16.9 Å². The van der Waals surface area contributed by atoms with Crippen LogP contribution in [0.5, 0.6) is 0 Å². The van der Waals surface area contributed by atoms with Crippen LogP contribution in [-0.2, 0) is 11.2 Å². The molecule has 1 heterocycles. The molecule has 1 aromatic heterocycles. The molecule has 23 heavy (non-hydrogen) atoms. The molecule has 0 bridgehead atoms. The van der Waals surface area contributed by atoms with Gasteiger partial charge in [0.05, 0.1) is 15.1 Å². The number of nitrogens with one attached hydrogen (secondary N) is 1. The van der Waals surface area contributed by atoms with E-state index < -0.39 is 10.2 Å². The molecule has 0 saturated heterocycles. The number of carbonyl (C=O) groups excluding carboxylic acids is 1. The highest BCUT2D eigenvalue weighted by atomic mass is 35.5. The maximum Gasteiger partial charge on any atom is 0.337 e. The number of hydrogen-bond donors (Lipinski definition) is 1. The van der Waals surface area contributed by atoms with Crippen molar-refractivity contribution in [1.82, 2.24) is 5.32 Å². The Labute approximate surface area is 147 Å². The summed E-state index contributed by atoms with van der Waals surface area (Å²) in [5, 5.41) is 15.8. The van der Waals surface area contributed by atoms with E-state index in [1.807, 2.05) is 24.3 Å². The summed E-state index contributed by atoms with van der Waals surface area (Å²) in [6, 6.07) is 9.13. The third-order valence-electron chi connectivity index (χ3n) is 3.07. The molecule has 122 valence electrons. The fraction of sp³-hybridized carbons (Fsp3) is 0.267. The number of hydrogen-bond acceptors (Lipinski definition) is 5. The van der Waals surface area contributed by atoms with Crippen LogP contribution in [0.3, 0.4) is 0 Å². The van der Waals surface area contributed by atoms with Gasteiger partial charge in [-0.3, -0.25) is 14.9 Å². The van der Waals surface area contributed by atoms with E-state index in [9.17, 15) is 14.9 Å². The maximum atomic E-state index is 12.1. The van der Waals surface area contributed by atoms with Crippen LogP contribution in [0.15, 0.2) is 40.6 Å². The molecule has 8 heteroatoms. The normalized spacial score (nSPS) is 11.9. The Bertz CT molecular complexity index is 688. The van der Waals surface area contributed by atoms with Gasteiger partial charge in [0.25, 0.3) is 0 Å². The summed E-state index contributed by atoms with van der Waals surface area (Å²) in [5.74, 6) is -0.135. The van der Waals surface area contributed by atoms with Crippen LogP contribution in [0, 0.1) is 10.1 Å².